The van der Waals surface area contributed by atoms with Gasteiger partial charge in [-0.1, -0.05) is 55.0 Å². The lowest BCUT2D eigenvalue weighted by Crippen LogP contribution is -2.44. The second kappa shape index (κ2) is 18.6. The van der Waals surface area contributed by atoms with E-state index >= 15 is 0 Å². The lowest BCUT2D eigenvalue weighted by molar-refractivity contribution is -0.139. The van der Waals surface area contributed by atoms with Crippen LogP contribution in [0.3, 0.4) is 0 Å². The van der Waals surface area contributed by atoms with Crippen LogP contribution in [0.15, 0.2) is 61.2 Å². The van der Waals surface area contributed by atoms with Crippen molar-refractivity contribution in [1.82, 2.24) is 40.8 Å². The number of thioether (sulfide) groups is 1. The molecule has 4 aliphatic rings. The smallest absolute Gasteiger partial charge is 0.449 e. The number of unbranched alkanes of at least 4 members (excludes halogenated alkanes) is 1. The molecule has 0 spiro atoms. The number of carbonyl (C=O) groups is 4. The van der Waals surface area contributed by atoms with E-state index in [-0.39, 0.29) is 78.2 Å². The van der Waals surface area contributed by atoms with Crippen molar-refractivity contribution in [3.63, 3.8) is 0 Å². The molecule has 0 radical (unpaired) electrons. The van der Waals surface area contributed by atoms with Gasteiger partial charge in [0.2, 0.25) is 5.91 Å². The highest BCUT2D eigenvalue weighted by Gasteiger charge is 2.46. The Balaban J connectivity index is 0.861. The van der Waals surface area contributed by atoms with E-state index in [2.05, 4.69) is 36.2 Å². The number of fused-ring (bicyclic) bond motifs is 5. The molecular weight excluding hydrogens is 850 g/mol. The number of aliphatic hydroxyl groups excluding tert-OH is 2. The van der Waals surface area contributed by atoms with Crippen molar-refractivity contribution in [3.8, 4) is 11.1 Å². The zero-order valence-electron chi connectivity index (χ0n) is 33.1. The van der Waals surface area contributed by atoms with Crippen LogP contribution in [-0.4, -0.2) is 126 Å². The summed E-state index contributed by atoms with van der Waals surface area (Å²) in [7, 11) is -5.25. The number of amides is 4. The highest BCUT2D eigenvalue weighted by molar-refractivity contribution is 8.00. The largest absolute Gasteiger partial charge is 0.529 e. The Hall–Kier alpha value is -5.35. The van der Waals surface area contributed by atoms with E-state index in [1.807, 2.05) is 48.5 Å². The maximum Gasteiger partial charge on any atom is 0.529 e. The highest BCUT2D eigenvalue weighted by atomic mass is 32.2. The van der Waals surface area contributed by atoms with Gasteiger partial charge in [0.05, 0.1) is 25.0 Å². The summed E-state index contributed by atoms with van der Waals surface area (Å²) in [5, 5.41) is 32.7. The standard InChI is InChI=1S/C39H46N9O12PS/c40-34-31-35(43-18-42-34)48(19-44-31)36-33(51)32(50)27(59-36)16-58-61(55,56)60-37(52)25(13-14-41-29(49)12-6-5-11-28-30-26(17-62-28)45-38(53)47-30)46-39(54)57-15-24-22-9-3-1-7-20(22)21-8-2-4-10-23(21)24/h1-4,7-10,18-19,24-28,30,32-33,36,50-51H,5-6,11-17H2,(H,41,49)(H,46,54)(H,55,56)(H2,40,42,43)(H2,45,47,53)/t25-,26-,27+,28-,30-,32?,33?,36+/m0/s1. The summed E-state index contributed by atoms with van der Waals surface area (Å²) < 4.78 is 35.7. The maximum absolute atomic E-state index is 13.5. The molecule has 5 heterocycles. The van der Waals surface area contributed by atoms with E-state index in [9.17, 15) is 38.8 Å². The van der Waals surface area contributed by atoms with Gasteiger partial charge in [-0.2, -0.15) is 11.8 Å². The van der Waals surface area contributed by atoms with Gasteiger partial charge >= 0.3 is 25.9 Å². The predicted octanol–water partition coefficient (Wildman–Crippen LogP) is 1.83. The monoisotopic (exact) mass is 895 g/mol. The first kappa shape index (κ1) is 43.3. The Morgan fingerprint density at radius 2 is 1.76 bits per heavy atom. The zero-order valence-corrected chi connectivity index (χ0v) is 34.8. The van der Waals surface area contributed by atoms with Gasteiger partial charge in [0, 0.05) is 29.9 Å². The number of ether oxygens (including phenoxy) is 2. The number of nitrogens with zero attached hydrogens (tertiary/aromatic N) is 4. The molecule has 3 fully saturated rings. The topological polar surface area (TPSA) is 301 Å². The molecule has 1 aliphatic carbocycles. The molecule has 0 bridgehead atoms. The maximum atomic E-state index is 13.5. The minimum atomic E-state index is -5.25. The SMILES string of the molecule is Nc1ncnc2c1ncn2[C@@H]1O[C@H](COP(=O)(O)OC(=O)[C@H](CCNC(=O)CCCC[C@@H]2SC[C@@H]3NC(=O)N[C@@H]32)NC(=O)OCC2c3ccccc3-c3ccccc32)C(O)C1O. The fourth-order valence-corrected chi connectivity index (χ4v) is 10.6. The molecule has 9 atom stereocenters. The minimum absolute atomic E-state index is 0.0649. The third-order valence-corrected chi connectivity index (χ3v) is 13.8. The molecule has 4 aromatic rings. The second-order valence-electron chi connectivity index (χ2n) is 15.3. The summed E-state index contributed by atoms with van der Waals surface area (Å²) in [5.74, 6) is -1.07. The Morgan fingerprint density at radius 3 is 2.52 bits per heavy atom. The number of hydrogen-bond donors (Lipinski definition) is 8. The summed E-state index contributed by atoms with van der Waals surface area (Å²) >= 11 is 1.79. The number of aromatic nitrogens is 4. The molecule has 4 amide bonds. The van der Waals surface area contributed by atoms with Gasteiger partial charge in [0.25, 0.3) is 0 Å². The lowest BCUT2D eigenvalue weighted by atomic mass is 9.98. The number of urea groups is 1. The van der Waals surface area contributed by atoms with Crippen LogP contribution < -0.4 is 27.0 Å². The number of carbonyl (C=O) groups excluding carboxylic acids is 4. The van der Waals surface area contributed by atoms with Gasteiger partial charge in [0.15, 0.2) is 17.7 Å². The quantitative estimate of drug-likeness (QED) is 0.0426. The zero-order chi connectivity index (χ0) is 43.5. The number of hydrogen-bond acceptors (Lipinski definition) is 16. The number of rotatable bonds is 17. The van der Waals surface area contributed by atoms with E-state index < -0.39 is 57.1 Å². The Morgan fingerprint density at radius 1 is 1.02 bits per heavy atom. The number of phosphoric acid groups is 1. The van der Waals surface area contributed by atoms with E-state index in [4.69, 9.17) is 24.3 Å². The third kappa shape index (κ3) is 9.36. The summed E-state index contributed by atoms with van der Waals surface area (Å²) in [6, 6.07) is 13.9. The average Bonchev–Trinajstić information content (AvgIpc) is 4.06. The number of phosphoric ester groups is 1. The molecule has 9 N–H and O–H groups in total. The van der Waals surface area contributed by atoms with Gasteiger partial charge in [-0.3, -0.25) is 18.8 Å². The summed E-state index contributed by atoms with van der Waals surface area (Å²) in [6.07, 6.45) is -2.31. The van der Waals surface area contributed by atoms with Gasteiger partial charge in [0.1, 0.15) is 42.8 Å². The van der Waals surface area contributed by atoms with Crippen LogP contribution in [0.25, 0.3) is 22.3 Å². The molecule has 0 saturated carbocycles. The first-order valence-corrected chi connectivity index (χ1v) is 22.6. The van der Waals surface area contributed by atoms with Crippen molar-refractivity contribution in [3.05, 3.63) is 72.3 Å². The van der Waals surface area contributed by atoms with Crippen LogP contribution in [0.2, 0.25) is 0 Å². The summed E-state index contributed by atoms with van der Waals surface area (Å²) in [6.45, 7) is -1.03. The molecule has 3 saturated heterocycles. The fraction of sp³-hybridized carbons (Fsp3) is 0.462. The number of alkyl carbamates (subject to hydrolysis) is 1. The van der Waals surface area contributed by atoms with Crippen molar-refractivity contribution >= 4 is 60.6 Å². The van der Waals surface area contributed by atoms with Gasteiger partial charge in [-0.05, 0) is 41.5 Å². The first-order valence-electron chi connectivity index (χ1n) is 20.1. The molecule has 2 aromatic heterocycles. The average molecular weight is 896 g/mol. The van der Waals surface area contributed by atoms with Crippen LogP contribution in [0.4, 0.5) is 15.4 Å². The Bertz CT molecular complexity index is 2330. The number of nitrogens with one attached hydrogen (secondary N) is 4. The second-order valence-corrected chi connectivity index (χ2v) is 18.0. The Kier molecular flexibility index (Phi) is 13.0. The van der Waals surface area contributed by atoms with Crippen LogP contribution in [0.1, 0.15) is 55.4 Å². The van der Waals surface area contributed by atoms with Crippen LogP contribution in [0, 0.1) is 0 Å². The molecule has 330 valence electrons. The van der Waals surface area contributed by atoms with E-state index in [0.717, 1.165) is 40.8 Å². The fourth-order valence-electron chi connectivity index (χ4n) is 8.27. The number of nitrogen functional groups attached to an aromatic ring is 1. The van der Waals surface area contributed by atoms with Gasteiger partial charge in [-0.25, -0.2) is 33.9 Å². The van der Waals surface area contributed by atoms with Crippen molar-refractivity contribution in [1.29, 1.82) is 0 Å². The van der Waals surface area contributed by atoms with Crippen LogP contribution in [-0.2, 0) is 32.7 Å². The summed E-state index contributed by atoms with van der Waals surface area (Å²) in [5.41, 5.74) is 10.2. The molecule has 62 heavy (non-hydrogen) atoms. The molecule has 3 aliphatic heterocycles. The molecular formula is C39H46N9O12PS. The normalized spacial score (nSPS) is 25.2. The van der Waals surface area contributed by atoms with Gasteiger partial charge < -0.3 is 51.2 Å². The van der Waals surface area contributed by atoms with Crippen molar-refractivity contribution < 1.29 is 57.4 Å². The molecule has 3 unspecified atom stereocenters. The highest BCUT2D eigenvalue weighted by Crippen LogP contribution is 2.46. The number of aliphatic hydroxyl groups is 2. The predicted molar refractivity (Wildman–Crippen MR) is 221 cm³/mol. The van der Waals surface area contributed by atoms with Crippen LogP contribution in [0.5, 0.6) is 0 Å². The third-order valence-electron chi connectivity index (χ3n) is 11.4. The molecule has 23 heteroatoms. The summed E-state index contributed by atoms with van der Waals surface area (Å²) in [4.78, 5) is 73.9. The molecule has 8 rings (SSSR count). The minimum Gasteiger partial charge on any atom is -0.449 e. The molecule has 2 aromatic carbocycles. The van der Waals surface area contributed by atoms with Crippen molar-refractivity contribution in [2.75, 3.05) is 31.2 Å². The van der Waals surface area contributed by atoms with E-state index in [1.54, 1.807) is 11.8 Å². The number of benzene rings is 2. The van der Waals surface area contributed by atoms with Crippen LogP contribution >= 0.6 is 19.6 Å². The van der Waals surface area contributed by atoms with Gasteiger partial charge in [-0.15, -0.1) is 0 Å². The Labute approximate surface area is 358 Å². The number of nitrogens with two attached hydrogens (primary N) is 1. The number of anilines is 1. The lowest BCUT2D eigenvalue weighted by Gasteiger charge is -2.21. The van der Waals surface area contributed by atoms with Crippen molar-refractivity contribution in [2.45, 2.75) is 85.9 Å². The van der Waals surface area contributed by atoms with Crippen molar-refractivity contribution in [2.24, 2.45) is 0 Å². The van der Waals surface area contributed by atoms with E-state index in [1.165, 1.54) is 17.2 Å². The molecule has 21 nitrogen and oxygen atoms in total. The first-order chi connectivity index (χ1) is 29.9. The number of imidazole rings is 1. The van der Waals surface area contributed by atoms with E-state index in [0.29, 0.717) is 6.42 Å².